The van der Waals surface area contributed by atoms with Crippen LogP contribution in [0.3, 0.4) is 0 Å². The maximum atomic E-state index is 12.0. The highest BCUT2D eigenvalue weighted by atomic mass is 16.1. The van der Waals surface area contributed by atoms with E-state index in [-0.39, 0.29) is 11.5 Å². The van der Waals surface area contributed by atoms with Gasteiger partial charge >= 0.3 is 0 Å². The molecule has 1 unspecified atom stereocenters. The topological polar surface area (TPSA) is 29.1 Å². The molecule has 0 aromatic heterocycles. The Balaban J connectivity index is 4.42. The van der Waals surface area contributed by atoms with Crippen molar-refractivity contribution in [3.8, 4) is 0 Å². The standard InChI is InChI=1S/C13H27NO/c1-7-8-9-11(15)12(13(4,5)6)14-10(2)3/h10,12,14H,7-9H2,1-6H3. The van der Waals surface area contributed by atoms with Gasteiger partial charge in [-0.1, -0.05) is 48.0 Å². The molecule has 0 saturated carbocycles. The lowest BCUT2D eigenvalue weighted by molar-refractivity contribution is -0.123. The number of Topliss-reactive ketones (excluding diaryl/α,β-unsaturated/α-hetero) is 1. The van der Waals surface area contributed by atoms with Gasteiger partial charge in [-0.05, 0) is 11.8 Å². The minimum Gasteiger partial charge on any atom is -0.305 e. The highest BCUT2D eigenvalue weighted by molar-refractivity contribution is 5.84. The minimum absolute atomic E-state index is 0.00902. The van der Waals surface area contributed by atoms with Gasteiger partial charge in [-0.3, -0.25) is 4.79 Å². The van der Waals surface area contributed by atoms with Gasteiger partial charge in [0.05, 0.1) is 6.04 Å². The molecule has 0 spiro atoms. The summed E-state index contributed by atoms with van der Waals surface area (Å²) in [5.41, 5.74) is 0.00902. The van der Waals surface area contributed by atoms with Crippen molar-refractivity contribution in [1.82, 2.24) is 5.32 Å². The van der Waals surface area contributed by atoms with Crippen LogP contribution in [-0.4, -0.2) is 17.9 Å². The maximum absolute atomic E-state index is 12.0. The molecule has 2 heteroatoms. The van der Waals surface area contributed by atoms with E-state index in [1.54, 1.807) is 0 Å². The fourth-order valence-electron chi connectivity index (χ4n) is 1.65. The van der Waals surface area contributed by atoms with Gasteiger partial charge in [0.25, 0.3) is 0 Å². The molecule has 1 N–H and O–H groups in total. The fourth-order valence-corrected chi connectivity index (χ4v) is 1.65. The molecule has 1 atom stereocenters. The van der Waals surface area contributed by atoms with Gasteiger partial charge in [0.15, 0.2) is 0 Å². The van der Waals surface area contributed by atoms with Crippen molar-refractivity contribution >= 4 is 5.78 Å². The van der Waals surface area contributed by atoms with E-state index >= 15 is 0 Å². The number of ketones is 1. The van der Waals surface area contributed by atoms with Gasteiger partial charge in [0.1, 0.15) is 5.78 Å². The summed E-state index contributed by atoms with van der Waals surface area (Å²) < 4.78 is 0. The molecule has 0 heterocycles. The van der Waals surface area contributed by atoms with Crippen molar-refractivity contribution in [1.29, 1.82) is 0 Å². The first-order chi connectivity index (χ1) is 6.79. The summed E-state index contributed by atoms with van der Waals surface area (Å²) in [6.45, 7) is 12.7. The van der Waals surface area contributed by atoms with E-state index in [1.165, 1.54) is 0 Å². The third-order valence-corrected chi connectivity index (χ3v) is 2.46. The molecule has 0 fully saturated rings. The molecule has 0 aliphatic carbocycles. The zero-order chi connectivity index (χ0) is 12.1. The Labute approximate surface area is 94.8 Å². The van der Waals surface area contributed by atoms with Crippen LogP contribution < -0.4 is 5.32 Å². The molecule has 0 radical (unpaired) electrons. The van der Waals surface area contributed by atoms with Gasteiger partial charge in [-0.15, -0.1) is 0 Å². The SMILES string of the molecule is CCCCC(=O)C(NC(C)C)C(C)(C)C. The Bertz CT molecular complexity index is 191. The molecule has 0 bridgehead atoms. The lowest BCUT2D eigenvalue weighted by Crippen LogP contribution is -2.49. The normalized spacial score (nSPS) is 14.3. The number of hydrogen-bond donors (Lipinski definition) is 1. The second kappa shape index (κ2) is 6.26. The molecule has 2 nitrogen and oxygen atoms in total. The number of hydrogen-bond acceptors (Lipinski definition) is 2. The van der Waals surface area contributed by atoms with Crippen LogP contribution in [0.4, 0.5) is 0 Å². The molecule has 0 aliphatic heterocycles. The van der Waals surface area contributed by atoms with E-state index in [9.17, 15) is 4.79 Å². The zero-order valence-electron chi connectivity index (χ0n) is 11.2. The van der Waals surface area contributed by atoms with Crippen LogP contribution in [0, 0.1) is 5.41 Å². The lowest BCUT2D eigenvalue weighted by Gasteiger charge is -2.32. The largest absolute Gasteiger partial charge is 0.305 e. The summed E-state index contributed by atoms with van der Waals surface area (Å²) in [4.78, 5) is 12.0. The van der Waals surface area contributed by atoms with Crippen molar-refractivity contribution in [2.24, 2.45) is 5.41 Å². The van der Waals surface area contributed by atoms with Crippen LogP contribution in [0.1, 0.15) is 60.8 Å². The molecule has 0 saturated heterocycles. The van der Waals surface area contributed by atoms with Crippen LogP contribution in [0.15, 0.2) is 0 Å². The van der Waals surface area contributed by atoms with Gasteiger partial charge < -0.3 is 5.32 Å². The predicted octanol–water partition coefficient (Wildman–Crippen LogP) is 3.16. The maximum Gasteiger partial charge on any atom is 0.150 e. The second-order valence-electron chi connectivity index (χ2n) is 5.69. The van der Waals surface area contributed by atoms with Crippen LogP contribution in [0.2, 0.25) is 0 Å². The van der Waals surface area contributed by atoms with Crippen LogP contribution >= 0.6 is 0 Å². The summed E-state index contributed by atoms with van der Waals surface area (Å²) in [5, 5.41) is 3.38. The van der Waals surface area contributed by atoms with Crippen molar-refractivity contribution in [3.05, 3.63) is 0 Å². The Morgan fingerprint density at radius 1 is 1.27 bits per heavy atom. The highest BCUT2D eigenvalue weighted by Gasteiger charge is 2.30. The molecule has 0 aromatic carbocycles. The summed E-state index contributed by atoms with van der Waals surface area (Å²) in [7, 11) is 0. The Hall–Kier alpha value is -0.370. The van der Waals surface area contributed by atoms with E-state index < -0.39 is 0 Å². The molecule has 0 aromatic rings. The van der Waals surface area contributed by atoms with E-state index in [1.807, 2.05) is 0 Å². The Kier molecular flexibility index (Phi) is 6.11. The number of carbonyl (C=O) groups excluding carboxylic acids is 1. The average Bonchev–Trinajstić information content (AvgIpc) is 2.08. The molecular formula is C13H27NO. The summed E-state index contributed by atoms with van der Waals surface area (Å²) in [5.74, 6) is 0.359. The Morgan fingerprint density at radius 2 is 1.80 bits per heavy atom. The average molecular weight is 213 g/mol. The molecule has 0 aliphatic rings. The number of unbranched alkanes of at least 4 members (excludes halogenated alkanes) is 1. The van der Waals surface area contributed by atoms with Crippen LogP contribution in [0.5, 0.6) is 0 Å². The molecule has 90 valence electrons. The molecular weight excluding hydrogens is 186 g/mol. The van der Waals surface area contributed by atoms with Gasteiger partial charge in [-0.2, -0.15) is 0 Å². The summed E-state index contributed by atoms with van der Waals surface area (Å²) in [6.07, 6.45) is 2.80. The first-order valence-corrected chi connectivity index (χ1v) is 6.07. The summed E-state index contributed by atoms with van der Waals surface area (Å²) in [6, 6.07) is 0.351. The third kappa shape index (κ3) is 5.93. The van der Waals surface area contributed by atoms with E-state index in [4.69, 9.17) is 0 Å². The predicted molar refractivity (Wildman–Crippen MR) is 66.0 cm³/mol. The van der Waals surface area contributed by atoms with Gasteiger partial charge in [-0.25, -0.2) is 0 Å². The first kappa shape index (κ1) is 14.6. The first-order valence-electron chi connectivity index (χ1n) is 6.07. The molecule has 15 heavy (non-hydrogen) atoms. The van der Waals surface area contributed by atoms with E-state index in [2.05, 4.69) is 46.9 Å². The molecule has 0 rings (SSSR count). The number of nitrogens with one attached hydrogen (secondary N) is 1. The number of carbonyl (C=O) groups is 1. The number of rotatable bonds is 6. The van der Waals surface area contributed by atoms with E-state index in [0.717, 1.165) is 12.8 Å². The highest BCUT2D eigenvalue weighted by Crippen LogP contribution is 2.22. The smallest absolute Gasteiger partial charge is 0.150 e. The van der Waals surface area contributed by atoms with E-state index in [0.29, 0.717) is 18.2 Å². The quantitative estimate of drug-likeness (QED) is 0.734. The van der Waals surface area contributed by atoms with Crippen LogP contribution in [-0.2, 0) is 4.79 Å². The second-order valence-corrected chi connectivity index (χ2v) is 5.69. The Morgan fingerprint density at radius 3 is 2.13 bits per heavy atom. The van der Waals surface area contributed by atoms with Gasteiger partial charge in [0.2, 0.25) is 0 Å². The van der Waals surface area contributed by atoms with Crippen molar-refractivity contribution < 1.29 is 4.79 Å². The lowest BCUT2D eigenvalue weighted by atomic mass is 9.82. The van der Waals surface area contributed by atoms with Crippen LogP contribution in [0.25, 0.3) is 0 Å². The fraction of sp³-hybridized carbons (Fsp3) is 0.923. The monoisotopic (exact) mass is 213 g/mol. The van der Waals surface area contributed by atoms with Crippen molar-refractivity contribution in [2.75, 3.05) is 0 Å². The zero-order valence-corrected chi connectivity index (χ0v) is 11.2. The molecule has 0 amide bonds. The third-order valence-electron chi connectivity index (χ3n) is 2.46. The summed E-state index contributed by atoms with van der Waals surface area (Å²) >= 11 is 0. The van der Waals surface area contributed by atoms with Crippen molar-refractivity contribution in [2.45, 2.75) is 72.9 Å². The van der Waals surface area contributed by atoms with Crippen molar-refractivity contribution in [3.63, 3.8) is 0 Å². The minimum atomic E-state index is -0.0101. The van der Waals surface area contributed by atoms with Gasteiger partial charge in [0, 0.05) is 12.5 Å².